The van der Waals surface area contributed by atoms with Gasteiger partial charge in [0, 0.05) is 5.56 Å². The molecule has 2 aromatic rings. The van der Waals surface area contributed by atoms with Crippen molar-refractivity contribution in [2.45, 2.75) is 0 Å². The lowest BCUT2D eigenvalue weighted by atomic mass is 10.1. The lowest BCUT2D eigenvalue weighted by Crippen LogP contribution is -1.98. The molecular formula is C16H14O5. The molecule has 108 valence electrons. The summed E-state index contributed by atoms with van der Waals surface area (Å²) in [6.45, 7) is 0. The van der Waals surface area contributed by atoms with E-state index in [9.17, 15) is 20.1 Å². The van der Waals surface area contributed by atoms with Crippen molar-refractivity contribution in [2.24, 2.45) is 0 Å². The van der Waals surface area contributed by atoms with Gasteiger partial charge in [-0.2, -0.15) is 0 Å². The standard InChI is InChI=1S/C16H14O5/c1-21-14-5-3-2-4-11(14)12(17)8-6-10-7-9-13(18)16(20)15(10)19/h2-9,18-20H,1H3/b8-6+. The van der Waals surface area contributed by atoms with Crippen LogP contribution in [-0.2, 0) is 0 Å². The van der Waals surface area contributed by atoms with Gasteiger partial charge in [0.2, 0.25) is 5.75 Å². The summed E-state index contributed by atoms with van der Waals surface area (Å²) in [5.74, 6) is -1.40. The zero-order chi connectivity index (χ0) is 15.4. The van der Waals surface area contributed by atoms with Crippen LogP contribution in [0, 0.1) is 0 Å². The number of carbonyl (C=O) groups is 1. The quantitative estimate of drug-likeness (QED) is 0.457. The largest absolute Gasteiger partial charge is 0.504 e. The van der Waals surface area contributed by atoms with Crippen LogP contribution in [0.1, 0.15) is 15.9 Å². The molecule has 0 bridgehead atoms. The maximum absolute atomic E-state index is 12.1. The van der Waals surface area contributed by atoms with Crippen molar-refractivity contribution in [3.05, 3.63) is 53.6 Å². The topological polar surface area (TPSA) is 87.0 Å². The molecule has 0 spiro atoms. The van der Waals surface area contributed by atoms with Gasteiger partial charge in [0.15, 0.2) is 17.3 Å². The molecule has 5 heteroatoms. The molecule has 0 fully saturated rings. The van der Waals surface area contributed by atoms with Crippen LogP contribution >= 0.6 is 0 Å². The van der Waals surface area contributed by atoms with Gasteiger partial charge < -0.3 is 20.1 Å². The predicted molar refractivity (Wildman–Crippen MR) is 77.8 cm³/mol. The summed E-state index contributed by atoms with van der Waals surface area (Å²) < 4.78 is 5.10. The molecule has 0 aliphatic heterocycles. The number of hydrogen-bond donors (Lipinski definition) is 3. The van der Waals surface area contributed by atoms with Crippen LogP contribution in [0.3, 0.4) is 0 Å². The Balaban J connectivity index is 2.29. The molecule has 21 heavy (non-hydrogen) atoms. The lowest BCUT2D eigenvalue weighted by molar-refractivity contribution is 0.104. The number of rotatable bonds is 4. The second-order valence-corrected chi connectivity index (χ2v) is 4.27. The highest BCUT2D eigenvalue weighted by atomic mass is 16.5. The Labute approximate surface area is 121 Å². The van der Waals surface area contributed by atoms with E-state index in [0.717, 1.165) is 0 Å². The zero-order valence-electron chi connectivity index (χ0n) is 11.3. The number of phenolic OH excluding ortho intramolecular Hbond substituents is 3. The van der Waals surface area contributed by atoms with E-state index in [2.05, 4.69) is 0 Å². The molecule has 0 aliphatic carbocycles. The van der Waals surface area contributed by atoms with E-state index in [0.29, 0.717) is 11.3 Å². The van der Waals surface area contributed by atoms with E-state index < -0.39 is 17.2 Å². The minimum absolute atomic E-state index is 0.216. The molecule has 3 N–H and O–H groups in total. The van der Waals surface area contributed by atoms with Crippen LogP contribution in [0.25, 0.3) is 6.08 Å². The van der Waals surface area contributed by atoms with Crippen molar-refractivity contribution in [1.82, 2.24) is 0 Å². The van der Waals surface area contributed by atoms with Gasteiger partial charge in [0.1, 0.15) is 5.75 Å². The molecular weight excluding hydrogens is 272 g/mol. The normalized spacial score (nSPS) is 10.7. The summed E-state index contributed by atoms with van der Waals surface area (Å²) in [5.41, 5.74) is 0.604. The van der Waals surface area contributed by atoms with Gasteiger partial charge in [-0.25, -0.2) is 0 Å². The molecule has 2 aromatic carbocycles. The molecule has 0 heterocycles. The number of carbonyl (C=O) groups excluding carboxylic acids is 1. The molecule has 5 nitrogen and oxygen atoms in total. The van der Waals surface area contributed by atoms with E-state index in [4.69, 9.17) is 4.74 Å². The second-order valence-electron chi connectivity index (χ2n) is 4.27. The van der Waals surface area contributed by atoms with Crippen molar-refractivity contribution in [3.63, 3.8) is 0 Å². The third-order valence-electron chi connectivity index (χ3n) is 2.95. The molecule has 0 saturated carbocycles. The Hall–Kier alpha value is -2.95. The number of methoxy groups -OCH3 is 1. The highest BCUT2D eigenvalue weighted by Gasteiger charge is 2.11. The molecule has 2 rings (SSSR count). The molecule has 0 unspecified atom stereocenters. The summed E-state index contributed by atoms with van der Waals surface area (Å²) >= 11 is 0. The van der Waals surface area contributed by atoms with Crippen molar-refractivity contribution in [2.75, 3.05) is 7.11 Å². The van der Waals surface area contributed by atoms with Gasteiger partial charge in [0.25, 0.3) is 0 Å². The SMILES string of the molecule is COc1ccccc1C(=O)/C=C/c1ccc(O)c(O)c1O. The fourth-order valence-electron chi connectivity index (χ4n) is 1.82. The maximum atomic E-state index is 12.1. The number of aromatic hydroxyl groups is 3. The first-order chi connectivity index (χ1) is 10.0. The summed E-state index contributed by atoms with van der Waals surface area (Å²) in [6.07, 6.45) is 2.60. The Kier molecular flexibility index (Phi) is 4.13. The molecule has 0 atom stereocenters. The van der Waals surface area contributed by atoms with Gasteiger partial charge in [-0.3, -0.25) is 4.79 Å². The van der Waals surface area contributed by atoms with E-state index >= 15 is 0 Å². The van der Waals surface area contributed by atoms with Gasteiger partial charge >= 0.3 is 0 Å². The van der Waals surface area contributed by atoms with Gasteiger partial charge in [0.05, 0.1) is 12.7 Å². The summed E-state index contributed by atoms with van der Waals surface area (Å²) in [4.78, 5) is 12.1. The Morgan fingerprint density at radius 1 is 1.05 bits per heavy atom. The lowest BCUT2D eigenvalue weighted by Gasteiger charge is -2.05. The molecule has 0 radical (unpaired) electrons. The molecule has 0 aliphatic rings. The van der Waals surface area contributed by atoms with E-state index in [1.165, 1.54) is 31.4 Å². The van der Waals surface area contributed by atoms with Crippen LogP contribution in [0.15, 0.2) is 42.5 Å². The maximum Gasteiger partial charge on any atom is 0.200 e. The average molecular weight is 286 g/mol. The Morgan fingerprint density at radius 2 is 1.76 bits per heavy atom. The van der Waals surface area contributed by atoms with Crippen LogP contribution in [-0.4, -0.2) is 28.2 Å². The van der Waals surface area contributed by atoms with Gasteiger partial charge in [-0.15, -0.1) is 0 Å². The predicted octanol–water partition coefficient (Wildman–Crippen LogP) is 2.71. The number of para-hydroxylation sites is 1. The summed E-state index contributed by atoms with van der Waals surface area (Å²) in [7, 11) is 1.47. The summed E-state index contributed by atoms with van der Waals surface area (Å²) in [6, 6.07) is 9.37. The molecule has 0 saturated heterocycles. The third-order valence-corrected chi connectivity index (χ3v) is 2.95. The summed E-state index contributed by atoms with van der Waals surface area (Å²) in [5, 5.41) is 28.3. The monoisotopic (exact) mass is 286 g/mol. The van der Waals surface area contributed by atoms with Crippen LogP contribution in [0.2, 0.25) is 0 Å². The Morgan fingerprint density at radius 3 is 2.48 bits per heavy atom. The van der Waals surface area contributed by atoms with E-state index in [-0.39, 0.29) is 11.3 Å². The molecule has 0 amide bonds. The first-order valence-corrected chi connectivity index (χ1v) is 6.14. The van der Waals surface area contributed by atoms with Crippen molar-refractivity contribution >= 4 is 11.9 Å². The Bertz CT molecular complexity index is 704. The third kappa shape index (κ3) is 2.97. The average Bonchev–Trinajstić information content (AvgIpc) is 2.51. The van der Waals surface area contributed by atoms with Crippen LogP contribution < -0.4 is 4.74 Å². The highest BCUT2D eigenvalue weighted by molar-refractivity contribution is 6.08. The second kappa shape index (κ2) is 6.00. The van der Waals surface area contributed by atoms with Gasteiger partial charge in [-0.1, -0.05) is 12.1 Å². The number of hydrogen-bond acceptors (Lipinski definition) is 5. The number of phenols is 3. The fourth-order valence-corrected chi connectivity index (χ4v) is 1.82. The van der Waals surface area contributed by atoms with Gasteiger partial charge in [-0.05, 0) is 36.4 Å². The number of allylic oxidation sites excluding steroid dienone is 1. The number of ether oxygens (including phenoxy) is 1. The highest BCUT2D eigenvalue weighted by Crippen LogP contribution is 2.37. The first-order valence-electron chi connectivity index (χ1n) is 6.14. The smallest absolute Gasteiger partial charge is 0.200 e. The van der Waals surface area contributed by atoms with Crippen molar-refractivity contribution < 1.29 is 24.9 Å². The van der Waals surface area contributed by atoms with E-state index in [1.807, 2.05) is 0 Å². The van der Waals surface area contributed by atoms with Crippen molar-refractivity contribution in [1.29, 1.82) is 0 Å². The van der Waals surface area contributed by atoms with Crippen LogP contribution in [0.5, 0.6) is 23.0 Å². The molecule has 0 aromatic heterocycles. The zero-order valence-corrected chi connectivity index (χ0v) is 11.3. The fraction of sp³-hybridized carbons (Fsp3) is 0.0625. The van der Waals surface area contributed by atoms with Crippen LogP contribution in [0.4, 0.5) is 0 Å². The first kappa shape index (κ1) is 14.5. The minimum Gasteiger partial charge on any atom is -0.504 e. The number of ketones is 1. The minimum atomic E-state index is -0.623. The van der Waals surface area contributed by atoms with Crippen molar-refractivity contribution in [3.8, 4) is 23.0 Å². The van der Waals surface area contributed by atoms with E-state index in [1.54, 1.807) is 24.3 Å². The number of benzene rings is 2.